The summed E-state index contributed by atoms with van der Waals surface area (Å²) < 4.78 is 0. The Hall–Kier alpha value is -0.410. The first-order valence-corrected chi connectivity index (χ1v) is 6.66. The molecule has 0 aliphatic heterocycles. The van der Waals surface area contributed by atoms with Crippen LogP contribution >= 0.6 is 11.3 Å². The van der Waals surface area contributed by atoms with Crippen molar-refractivity contribution in [3.05, 3.63) is 16.6 Å². The van der Waals surface area contributed by atoms with Crippen LogP contribution in [0, 0.1) is 11.8 Å². The first-order chi connectivity index (χ1) is 7.16. The molecule has 0 unspecified atom stereocenters. The number of thiazole rings is 1. The van der Waals surface area contributed by atoms with Crippen LogP contribution in [0.2, 0.25) is 0 Å². The van der Waals surface area contributed by atoms with Crippen LogP contribution in [-0.2, 0) is 6.54 Å². The second kappa shape index (κ2) is 4.62. The number of nitrogens with zero attached hydrogens (tertiary/aromatic N) is 2. The summed E-state index contributed by atoms with van der Waals surface area (Å²) in [4.78, 5) is 8.09. The highest BCUT2D eigenvalue weighted by Gasteiger charge is 2.34. The van der Waals surface area contributed by atoms with Gasteiger partial charge in [0.15, 0.2) is 0 Å². The van der Waals surface area contributed by atoms with Gasteiger partial charge in [0, 0.05) is 30.2 Å². The van der Waals surface area contributed by atoms with Gasteiger partial charge in [0.05, 0.1) is 5.51 Å². The fourth-order valence-corrected chi connectivity index (χ4v) is 2.55. The molecular weight excluding hydrogens is 204 g/mol. The molecule has 0 spiro atoms. The molecule has 0 bridgehead atoms. The molecule has 0 saturated heterocycles. The number of hydrogen-bond donors (Lipinski definition) is 0. The van der Waals surface area contributed by atoms with Gasteiger partial charge in [-0.2, -0.15) is 0 Å². The third-order valence-electron chi connectivity index (χ3n) is 3.32. The maximum absolute atomic E-state index is 4.14. The molecule has 1 heterocycles. The van der Waals surface area contributed by atoms with Crippen LogP contribution in [0.4, 0.5) is 0 Å². The van der Waals surface area contributed by atoms with E-state index in [-0.39, 0.29) is 0 Å². The van der Waals surface area contributed by atoms with Crippen molar-refractivity contribution in [3.8, 4) is 0 Å². The zero-order valence-corrected chi connectivity index (χ0v) is 10.6. The lowest BCUT2D eigenvalue weighted by atomic mass is 10.2. The van der Waals surface area contributed by atoms with Crippen molar-refractivity contribution in [2.24, 2.45) is 11.8 Å². The van der Waals surface area contributed by atoms with Crippen LogP contribution in [0.3, 0.4) is 0 Å². The SMILES string of the molecule is CC(C)N(Cc1cncs1)C[C@H]1C[C@H]1C. The van der Waals surface area contributed by atoms with Crippen molar-refractivity contribution >= 4 is 11.3 Å². The Morgan fingerprint density at radius 2 is 2.33 bits per heavy atom. The molecule has 2 atom stereocenters. The van der Waals surface area contributed by atoms with Gasteiger partial charge < -0.3 is 0 Å². The molecule has 0 aromatic carbocycles. The highest BCUT2D eigenvalue weighted by Crippen LogP contribution is 2.38. The monoisotopic (exact) mass is 224 g/mol. The zero-order chi connectivity index (χ0) is 10.8. The standard InChI is InChI=1S/C12H20N2S/c1-9(2)14(6-11-4-10(11)3)7-12-5-13-8-15-12/h5,8-11H,4,6-7H2,1-3H3/t10-,11-/m1/s1. The van der Waals surface area contributed by atoms with Gasteiger partial charge in [-0.25, -0.2) is 0 Å². The summed E-state index contributed by atoms with van der Waals surface area (Å²) in [6.07, 6.45) is 3.42. The van der Waals surface area contributed by atoms with Crippen molar-refractivity contribution < 1.29 is 0 Å². The molecule has 1 aromatic heterocycles. The summed E-state index contributed by atoms with van der Waals surface area (Å²) in [6.45, 7) is 9.26. The van der Waals surface area contributed by atoms with E-state index in [1.165, 1.54) is 17.8 Å². The van der Waals surface area contributed by atoms with Crippen LogP contribution in [0.15, 0.2) is 11.7 Å². The number of hydrogen-bond acceptors (Lipinski definition) is 3. The Kier molecular flexibility index (Phi) is 3.42. The predicted molar refractivity (Wildman–Crippen MR) is 64.9 cm³/mol. The number of rotatable bonds is 5. The smallest absolute Gasteiger partial charge is 0.0794 e. The van der Waals surface area contributed by atoms with E-state index in [0.717, 1.165) is 18.4 Å². The van der Waals surface area contributed by atoms with Gasteiger partial charge in [0.25, 0.3) is 0 Å². The van der Waals surface area contributed by atoms with Gasteiger partial charge in [-0.1, -0.05) is 6.92 Å². The minimum atomic E-state index is 0.639. The van der Waals surface area contributed by atoms with Crippen LogP contribution in [0.25, 0.3) is 0 Å². The lowest BCUT2D eigenvalue weighted by Gasteiger charge is -2.25. The van der Waals surface area contributed by atoms with Gasteiger partial charge >= 0.3 is 0 Å². The third kappa shape index (κ3) is 3.02. The molecule has 84 valence electrons. The maximum Gasteiger partial charge on any atom is 0.0794 e. The summed E-state index contributed by atoms with van der Waals surface area (Å²) in [5, 5.41) is 0. The van der Waals surface area contributed by atoms with E-state index in [4.69, 9.17) is 0 Å². The molecule has 15 heavy (non-hydrogen) atoms. The highest BCUT2D eigenvalue weighted by molar-refractivity contribution is 7.09. The van der Waals surface area contributed by atoms with E-state index in [1.54, 1.807) is 11.3 Å². The van der Waals surface area contributed by atoms with Crippen molar-refractivity contribution in [2.75, 3.05) is 6.54 Å². The average Bonchev–Trinajstić information content (AvgIpc) is 2.66. The lowest BCUT2D eigenvalue weighted by Crippen LogP contribution is -2.32. The van der Waals surface area contributed by atoms with E-state index >= 15 is 0 Å². The maximum atomic E-state index is 4.14. The summed E-state index contributed by atoms with van der Waals surface area (Å²) in [6, 6.07) is 0.639. The molecule has 1 fully saturated rings. The summed E-state index contributed by atoms with van der Waals surface area (Å²) >= 11 is 1.76. The number of aromatic nitrogens is 1. The molecule has 0 N–H and O–H groups in total. The first-order valence-electron chi connectivity index (χ1n) is 5.78. The summed E-state index contributed by atoms with van der Waals surface area (Å²) in [7, 11) is 0. The minimum Gasteiger partial charge on any atom is -0.296 e. The lowest BCUT2D eigenvalue weighted by molar-refractivity contribution is 0.202. The van der Waals surface area contributed by atoms with Crippen LogP contribution in [0.1, 0.15) is 32.1 Å². The molecule has 1 aliphatic carbocycles. The second-order valence-corrected chi connectivity index (χ2v) is 5.93. The van der Waals surface area contributed by atoms with Crippen molar-refractivity contribution in [1.82, 2.24) is 9.88 Å². The molecule has 0 amide bonds. The Balaban J connectivity index is 1.88. The molecule has 2 nitrogen and oxygen atoms in total. The largest absolute Gasteiger partial charge is 0.296 e. The minimum absolute atomic E-state index is 0.639. The fraction of sp³-hybridized carbons (Fsp3) is 0.750. The van der Waals surface area contributed by atoms with Crippen LogP contribution in [-0.4, -0.2) is 22.5 Å². The first kappa shape index (κ1) is 11.1. The molecular formula is C12H20N2S. The molecule has 0 radical (unpaired) electrons. The molecule has 1 aliphatic rings. The van der Waals surface area contributed by atoms with E-state index in [9.17, 15) is 0 Å². The van der Waals surface area contributed by atoms with E-state index in [1.807, 2.05) is 11.7 Å². The topological polar surface area (TPSA) is 16.1 Å². The fourth-order valence-electron chi connectivity index (χ4n) is 1.93. The normalized spacial score (nSPS) is 25.1. The van der Waals surface area contributed by atoms with Gasteiger partial charge in [0.1, 0.15) is 0 Å². The van der Waals surface area contributed by atoms with Gasteiger partial charge in [-0.05, 0) is 32.1 Å². The van der Waals surface area contributed by atoms with Crippen LogP contribution in [0.5, 0.6) is 0 Å². The highest BCUT2D eigenvalue weighted by atomic mass is 32.1. The second-order valence-electron chi connectivity index (χ2n) is 4.96. The molecule has 1 saturated carbocycles. The van der Waals surface area contributed by atoms with Gasteiger partial charge in [0.2, 0.25) is 0 Å². The van der Waals surface area contributed by atoms with Gasteiger partial charge in [-0.3, -0.25) is 9.88 Å². The molecule has 1 aromatic rings. The quantitative estimate of drug-likeness (QED) is 0.764. The Bertz CT molecular complexity index is 295. The average molecular weight is 224 g/mol. The van der Waals surface area contributed by atoms with E-state index < -0.39 is 0 Å². The predicted octanol–water partition coefficient (Wildman–Crippen LogP) is 3.01. The van der Waals surface area contributed by atoms with Crippen molar-refractivity contribution in [2.45, 2.75) is 39.8 Å². The van der Waals surface area contributed by atoms with E-state index in [0.29, 0.717) is 6.04 Å². The Morgan fingerprint density at radius 1 is 1.60 bits per heavy atom. The van der Waals surface area contributed by atoms with E-state index in [2.05, 4.69) is 30.7 Å². The van der Waals surface area contributed by atoms with Crippen molar-refractivity contribution in [1.29, 1.82) is 0 Å². The third-order valence-corrected chi connectivity index (χ3v) is 4.08. The summed E-state index contributed by atoms with van der Waals surface area (Å²) in [5.74, 6) is 1.90. The molecule has 3 heteroatoms. The zero-order valence-electron chi connectivity index (χ0n) is 9.81. The summed E-state index contributed by atoms with van der Waals surface area (Å²) in [5.41, 5.74) is 1.92. The Labute approximate surface area is 96.3 Å². The van der Waals surface area contributed by atoms with Gasteiger partial charge in [-0.15, -0.1) is 11.3 Å². The van der Waals surface area contributed by atoms with Crippen LogP contribution < -0.4 is 0 Å². The van der Waals surface area contributed by atoms with Crippen molar-refractivity contribution in [3.63, 3.8) is 0 Å². The molecule has 2 rings (SSSR count). The Morgan fingerprint density at radius 3 is 2.80 bits per heavy atom.